The van der Waals surface area contributed by atoms with Crippen LogP contribution in [0.1, 0.15) is 33.4 Å². The highest BCUT2D eigenvalue weighted by molar-refractivity contribution is 14.0. The van der Waals surface area contributed by atoms with Gasteiger partial charge in [-0.25, -0.2) is 4.99 Å². The summed E-state index contributed by atoms with van der Waals surface area (Å²) in [5.74, 6) is 1.51. The number of hydrogen-bond donors (Lipinski definition) is 2. The van der Waals surface area contributed by atoms with Crippen LogP contribution in [0.2, 0.25) is 0 Å². The number of rotatable bonds is 5. The summed E-state index contributed by atoms with van der Waals surface area (Å²) in [7, 11) is 0. The summed E-state index contributed by atoms with van der Waals surface area (Å²) in [6.07, 6.45) is 1.81. The maximum absolute atomic E-state index is 4.66. The Morgan fingerprint density at radius 2 is 2.17 bits per heavy atom. The second kappa shape index (κ2) is 10.1. The Labute approximate surface area is 157 Å². The molecule has 130 valence electrons. The highest BCUT2D eigenvalue weighted by atomic mass is 127. The summed E-state index contributed by atoms with van der Waals surface area (Å²) < 4.78 is 0. The Balaban J connectivity index is 0.00000264. The lowest BCUT2D eigenvalue weighted by Crippen LogP contribution is -2.46. The molecule has 1 aliphatic heterocycles. The Bertz CT molecular complexity index is 477. The van der Waals surface area contributed by atoms with Crippen LogP contribution in [0.25, 0.3) is 0 Å². The van der Waals surface area contributed by atoms with Gasteiger partial charge in [0.2, 0.25) is 0 Å². The average molecular weight is 431 g/mol. The van der Waals surface area contributed by atoms with Crippen molar-refractivity contribution in [3.8, 4) is 0 Å². The van der Waals surface area contributed by atoms with E-state index in [4.69, 9.17) is 0 Å². The normalized spacial score (nSPS) is 22.0. The van der Waals surface area contributed by atoms with Crippen LogP contribution in [-0.2, 0) is 6.54 Å². The number of nitrogens with one attached hydrogen (secondary N) is 2. The minimum atomic E-state index is 0. The molecule has 2 N–H and O–H groups in total. The molecule has 5 nitrogen and oxygen atoms in total. The van der Waals surface area contributed by atoms with E-state index in [2.05, 4.69) is 53.2 Å². The van der Waals surface area contributed by atoms with E-state index in [1.165, 1.54) is 0 Å². The van der Waals surface area contributed by atoms with E-state index in [0.717, 1.165) is 31.3 Å². The molecule has 23 heavy (non-hydrogen) atoms. The second-order valence-corrected chi connectivity index (χ2v) is 6.29. The minimum absolute atomic E-state index is 0. The largest absolute Gasteiger partial charge is 0.357 e. The van der Waals surface area contributed by atoms with Gasteiger partial charge in [0, 0.05) is 37.9 Å². The van der Waals surface area contributed by atoms with Crippen molar-refractivity contribution in [1.29, 1.82) is 0 Å². The lowest BCUT2D eigenvalue weighted by Gasteiger charge is -2.21. The van der Waals surface area contributed by atoms with Crippen molar-refractivity contribution in [2.75, 3.05) is 19.6 Å². The number of halogens is 1. The fourth-order valence-electron chi connectivity index (χ4n) is 2.76. The molecule has 2 rings (SSSR count). The van der Waals surface area contributed by atoms with Gasteiger partial charge in [-0.05, 0) is 38.8 Å². The monoisotopic (exact) mass is 431 g/mol. The molecule has 0 radical (unpaired) electrons. The highest BCUT2D eigenvalue weighted by Gasteiger charge is 2.31. The van der Waals surface area contributed by atoms with Crippen molar-refractivity contribution in [2.45, 2.75) is 46.3 Å². The molecule has 1 saturated heterocycles. The molecule has 2 atom stereocenters. The number of hydrogen-bond acceptors (Lipinski definition) is 3. The first kappa shape index (κ1) is 20.2. The van der Waals surface area contributed by atoms with Gasteiger partial charge >= 0.3 is 0 Å². The van der Waals surface area contributed by atoms with E-state index in [0.29, 0.717) is 24.5 Å². The third-order valence-electron chi connectivity index (χ3n) is 4.16. The number of aromatic nitrogens is 1. The van der Waals surface area contributed by atoms with Crippen molar-refractivity contribution < 1.29 is 0 Å². The molecular formula is C17H30IN5. The Hall–Kier alpha value is -0.890. The van der Waals surface area contributed by atoms with Gasteiger partial charge in [0.1, 0.15) is 0 Å². The molecule has 1 fully saturated rings. The van der Waals surface area contributed by atoms with E-state index in [-0.39, 0.29) is 24.0 Å². The van der Waals surface area contributed by atoms with Crippen molar-refractivity contribution in [1.82, 2.24) is 20.5 Å². The Morgan fingerprint density at radius 3 is 2.74 bits per heavy atom. The molecule has 0 aromatic carbocycles. The maximum Gasteiger partial charge on any atom is 0.191 e. The lowest BCUT2D eigenvalue weighted by molar-refractivity contribution is 0.265. The molecule has 1 aromatic heterocycles. The summed E-state index contributed by atoms with van der Waals surface area (Å²) >= 11 is 0. The molecule has 0 saturated carbocycles. The minimum Gasteiger partial charge on any atom is -0.357 e. The van der Waals surface area contributed by atoms with Gasteiger partial charge < -0.3 is 10.6 Å². The van der Waals surface area contributed by atoms with Gasteiger partial charge in [-0.1, -0.05) is 13.0 Å². The first-order chi connectivity index (χ1) is 10.6. The summed E-state index contributed by atoms with van der Waals surface area (Å²) in [4.78, 5) is 11.5. The standard InChI is InChI=1S/C17H29N5.HI/c1-5-18-17(20-10-15-8-6-7-9-19-15)21-16-12-22(13(2)3)11-14(16)4;/h6-9,13-14,16H,5,10-12H2,1-4H3,(H2,18,20,21);1H. The van der Waals surface area contributed by atoms with Crippen LogP contribution >= 0.6 is 24.0 Å². The van der Waals surface area contributed by atoms with Gasteiger partial charge in [-0.2, -0.15) is 0 Å². The van der Waals surface area contributed by atoms with E-state index < -0.39 is 0 Å². The van der Waals surface area contributed by atoms with Crippen LogP contribution in [-0.4, -0.2) is 47.6 Å². The third kappa shape index (κ3) is 6.25. The number of likely N-dealkylation sites (tertiary alicyclic amines) is 1. The third-order valence-corrected chi connectivity index (χ3v) is 4.16. The first-order valence-corrected chi connectivity index (χ1v) is 8.29. The molecule has 1 aromatic rings. The Morgan fingerprint density at radius 1 is 1.39 bits per heavy atom. The van der Waals surface area contributed by atoms with Gasteiger partial charge in [0.15, 0.2) is 5.96 Å². The summed E-state index contributed by atoms with van der Waals surface area (Å²) in [5, 5.41) is 6.93. The topological polar surface area (TPSA) is 52.6 Å². The van der Waals surface area contributed by atoms with Crippen LogP contribution in [0.5, 0.6) is 0 Å². The van der Waals surface area contributed by atoms with Crippen molar-refractivity contribution in [2.24, 2.45) is 10.9 Å². The zero-order valence-electron chi connectivity index (χ0n) is 14.6. The molecule has 6 heteroatoms. The SMILES string of the molecule is CCNC(=NCc1ccccn1)NC1CN(C(C)C)CC1C.I. The van der Waals surface area contributed by atoms with E-state index in [1.807, 2.05) is 24.4 Å². The first-order valence-electron chi connectivity index (χ1n) is 8.29. The fraction of sp³-hybridized carbons (Fsp3) is 0.647. The highest BCUT2D eigenvalue weighted by Crippen LogP contribution is 2.18. The predicted octanol–water partition coefficient (Wildman–Crippen LogP) is 2.48. The van der Waals surface area contributed by atoms with Crippen molar-refractivity contribution >= 4 is 29.9 Å². The van der Waals surface area contributed by atoms with Crippen molar-refractivity contribution in [3.63, 3.8) is 0 Å². The summed E-state index contributed by atoms with van der Waals surface area (Å²) in [6.45, 7) is 12.6. The van der Waals surface area contributed by atoms with E-state index in [1.54, 1.807) is 0 Å². The Kier molecular flexibility index (Phi) is 8.83. The van der Waals surface area contributed by atoms with E-state index >= 15 is 0 Å². The van der Waals surface area contributed by atoms with Crippen LogP contribution in [0.4, 0.5) is 0 Å². The summed E-state index contributed by atoms with van der Waals surface area (Å²) in [6, 6.07) is 6.98. The predicted molar refractivity (Wildman–Crippen MR) is 107 cm³/mol. The zero-order valence-corrected chi connectivity index (χ0v) is 17.0. The lowest BCUT2D eigenvalue weighted by atomic mass is 10.1. The molecule has 0 bridgehead atoms. The molecule has 0 spiro atoms. The molecule has 2 heterocycles. The van der Waals surface area contributed by atoms with Crippen molar-refractivity contribution in [3.05, 3.63) is 30.1 Å². The van der Waals surface area contributed by atoms with Crippen LogP contribution in [0, 0.1) is 5.92 Å². The number of guanidine groups is 1. The maximum atomic E-state index is 4.66. The van der Waals surface area contributed by atoms with Crippen LogP contribution in [0.3, 0.4) is 0 Å². The molecule has 0 aliphatic carbocycles. The molecule has 1 aliphatic rings. The van der Waals surface area contributed by atoms with E-state index in [9.17, 15) is 0 Å². The number of aliphatic imine (C=N–C) groups is 1. The van der Waals surface area contributed by atoms with Gasteiger partial charge in [0.25, 0.3) is 0 Å². The number of nitrogens with zero attached hydrogens (tertiary/aromatic N) is 3. The zero-order chi connectivity index (χ0) is 15.9. The summed E-state index contributed by atoms with van der Waals surface area (Å²) in [5.41, 5.74) is 0.989. The van der Waals surface area contributed by atoms with Crippen LogP contribution in [0.15, 0.2) is 29.4 Å². The molecule has 2 unspecified atom stereocenters. The van der Waals surface area contributed by atoms with Gasteiger partial charge in [0.05, 0.1) is 12.2 Å². The average Bonchev–Trinajstić information content (AvgIpc) is 2.87. The van der Waals surface area contributed by atoms with Crippen LogP contribution < -0.4 is 10.6 Å². The van der Waals surface area contributed by atoms with Gasteiger partial charge in [-0.15, -0.1) is 24.0 Å². The quantitative estimate of drug-likeness (QED) is 0.428. The number of pyridine rings is 1. The molecule has 0 amide bonds. The van der Waals surface area contributed by atoms with Gasteiger partial charge in [-0.3, -0.25) is 9.88 Å². The smallest absolute Gasteiger partial charge is 0.191 e. The second-order valence-electron chi connectivity index (χ2n) is 6.29. The molecular weight excluding hydrogens is 401 g/mol. The fourth-order valence-corrected chi connectivity index (χ4v) is 2.76.